The predicted octanol–water partition coefficient (Wildman–Crippen LogP) is 0.873. The van der Waals surface area contributed by atoms with Crippen molar-refractivity contribution in [1.29, 1.82) is 0 Å². The second-order valence-electron chi connectivity index (χ2n) is 5.63. The molecule has 0 spiro atoms. The van der Waals surface area contributed by atoms with E-state index in [1.54, 1.807) is 6.07 Å². The SMILES string of the molecule is O=C(NCCNc1cc(N2CCC[C@@H]2CO)ncn1)c1ccoc1. The molecule has 24 heavy (non-hydrogen) atoms. The van der Waals surface area contributed by atoms with E-state index in [-0.39, 0.29) is 18.6 Å². The van der Waals surface area contributed by atoms with Crippen LogP contribution in [0.5, 0.6) is 0 Å². The zero-order chi connectivity index (χ0) is 16.8. The number of nitrogens with one attached hydrogen (secondary N) is 2. The Morgan fingerprint density at radius 3 is 3.12 bits per heavy atom. The molecule has 2 aromatic heterocycles. The summed E-state index contributed by atoms with van der Waals surface area (Å²) >= 11 is 0. The fraction of sp³-hybridized carbons (Fsp3) is 0.438. The fourth-order valence-electron chi connectivity index (χ4n) is 2.79. The van der Waals surface area contributed by atoms with E-state index < -0.39 is 0 Å². The number of hydrogen-bond donors (Lipinski definition) is 3. The van der Waals surface area contributed by atoms with Crippen LogP contribution < -0.4 is 15.5 Å². The van der Waals surface area contributed by atoms with Gasteiger partial charge in [-0.25, -0.2) is 9.97 Å². The van der Waals surface area contributed by atoms with E-state index in [0.717, 1.165) is 25.2 Å². The summed E-state index contributed by atoms with van der Waals surface area (Å²) in [4.78, 5) is 22.3. The van der Waals surface area contributed by atoms with Crippen molar-refractivity contribution in [3.8, 4) is 0 Å². The summed E-state index contributed by atoms with van der Waals surface area (Å²) in [6.45, 7) is 2.03. The van der Waals surface area contributed by atoms with Gasteiger partial charge >= 0.3 is 0 Å². The van der Waals surface area contributed by atoms with E-state index >= 15 is 0 Å². The lowest BCUT2D eigenvalue weighted by Crippen LogP contribution is -2.33. The van der Waals surface area contributed by atoms with Crippen molar-refractivity contribution in [2.24, 2.45) is 0 Å². The van der Waals surface area contributed by atoms with Crippen LogP contribution in [-0.4, -0.2) is 53.3 Å². The van der Waals surface area contributed by atoms with Gasteiger partial charge in [-0.2, -0.15) is 0 Å². The molecule has 0 aliphatic carbocycles. The number of furan rings is 1. The Balaban J connectivity index is 1.49. The van der Waals surface area contributed by atoms with Gasteiger partial charge in [-0.15, -0.1) is 0 Å². The van der Waals surface area contributed by atoms with Gasteiger partial charge in [0.25, 0.3) is 5.91 Å². The van der Waals surface area contributed by atoms with E-state index in [9.17, 15) is 9.90 Å². The van der Waals surface area contributed by atoms with Gasteiger partial charge in [0, 0.05) is 25.7 Å². The lowest BCUT2D eigenvalue weighted by atomic mass is 10.2. The number of amides is 1. The molecule has 3 heterocycles. The van der Waals surface area contributed by atoms with Gasteiger partial charge in [0.1, 0.15) is 24.2 Å². The predicted molar refractivity (Wildman–Crippen MR) is 89.0 cm³/mol. The number of hydrogen-bond acceptors (Lipinski definition) is 7. The number of nitrogens with zero attached hydrogens (tertiary/aromatic N) is 3. The summed E-state index contributed by atoms with van der Waals surface area (Å²) in [5, 5.41) is 15.4. The summed E-state index contributed by atoms with van der Waals surface area (Å²) < 4.78 is 4.88. The first-order valence-corrected chi connectivity index (χ1v) is 8.02. The zero-order valence-corrected chi connectivity index (χ0v) is 13.3. The molecule has 0 unspecified atom stereocenters. The highest BCUT2D eigenvalue weighted by molar-refractivity contribution is 5.93. The largest absolute Gasteiger partial charge is 0.472 e. The maximum absolute atomic E-state index is 11.8. The van der Waals surface area contributed by atoms with Crippen molar-refractivity contribution in [1.82, 2.24) is 15.3 Å². The van der Waals surface area contributed by atoms with Gasteiger partial charge in [-0.3, -0.25) is 4.79 Å². The van der Waals surface area contributed by atoms with Crippen LogP contribution in [0.15, 0.2) is 35.4 Å². The Morgan fingerprint density at radius 1 is 1.42 bits per heavy atom. The van der Waals surface area contributed by atoms with Crippen molar-refractivity contribution in [3.63, 3.8) is 0 Å². The average Bonchev–Trinajstić information content (AvgIpc) is 3.30. The minimum Gasteiger partial charge on any atom is -0.472 e. The van der Waals surface area contributed by atoms with Crippen LogP contribution in [0, 0.1) is 0 Å². The normalized spacial score (nSPS) is 17.0. The van der Waals surface area contributed by atoms with Crippen molar-refractivity contribution in [2.45, 2.75) is 18.9 Å². The van der Waals surface area contributed by atoms with Crippen LogP contribution in [0.2, 0.25) is 0 Å². The second-order valence-corrected chi connectivity index (χ2v) is 5.63. The van der Waals surface area contributed by atoms with Gasteiger partial charge in [-0.1, -0.05) is 0 Å². The van der Waals surface area contributed by atoms with Crippen molar-refractivity contribution < 1.29 is 14.3 Å². The Labute approximate surface area is 139 Å². The molecule has 0 bridgehead atoms. The first kappa shape index (κ1) is 16.3. The third-order valence-corrected chi connectivity index (χ3v) is 4.03. The molecule has 3 rings (SSSR count). The molecule has 1 fully saturated rings. The highest BCUT2D eigenvalue weighted by Crippen LogP contribution is 2.24. The molecule has 0 aromatic carbocycles. The van der Waals surface area contributed by atoms with Crippen LogP contribution in [-0.2, 0) is 0 Å². The molecule has 128 valence electrons. The minimum atomic E-state index is -0.170. The highest BCUT2D eigenvalue weighted by atomic mass is 16.3. The second kappa shape index (κ2) is 7.78. The number of aliphatic hydroxyl groups is 1. The van der Waals surface area contributed by atoms with E-state index in [1.807, 2.05) is 6.07 Å². The van der Waals surface area contributed by atoms with Gasteiger partial charge in [0.05, 0.1) is 24.5 Å². The van der Waals surface area contributed by atoms with E-state index in [4.69, 9.17) is 4.42 Å². The van der Waals surface area contributed by atoms with Crippen molar-refractivity contribution >= 4 is 17.5 Å². The Bertz CT molecular complexity index is 661. The highest BCUT2D eigenvalue weighted by Gasteiger charge is 2.25. The molecular formula is C16H21N5O3. The maximum atomic E-state index is 11.8. The third-order valence-electron chi connectivity index (χ3n) is 4.03. The molecule has 1 amide bonds. The van der Waals surface area contributed by atoms with Crippen LogP contribution in [0.1, 0.15) is 23.2 Å². The quantitative estimate of drug-likeness (QED) is 0.647. The lowest BCUT2D eigenvalue weighted by Gasteiger charge is -2.24. The molecule has 1 aliphatic rings. The standard InChI is InChI=1S/C16H21N5O3/c22-9-13-2-1-6-21(13)15-8-14(19-11-20-15)17-4-5-18-16(23)12-3-7-24-10-12/h3,7-8,10-11,13,22H,1-2,4-6,9H2,(H,18,23)(H,17,19,20)/t13-/m1/s1. The number of aliphatic hydroxyl groups excluding tert-OH is 1. The first-order valence-electron chi connectivity index (χ1n) is 8.02. The van der Waals surface area contributed by atoms with Crippen molar-refractivity contribution in [3.05, 3.63) is 36.5 Å². The molecule has 0 saturated carbocycles. The van der Waals surface area contributed by atoms with E-state index in [1.165, 1.54) is 18.9 Å². The van der Waals surface area contributed by atoms with Crippen LogP contribution in [0.4, 0.5) is 11.6 Å². The summed E-state index contributed by atoms with van der Waals surface area (Å²) in [7, 11) is 0. The number of carbonyl (C=O) groups excluding carboxylic acids is 1. The van der Waals surface area contributed by atoms with Gasteiger partial charge in [-0.05, 0) is 18.9 Å². The number of carbonyl (C=O) groups is 1. The summed E-state index contributed by atoms with van der Waals surface area (Å²) in [5.74, 6) is 1.34. The molecule has 1 aliphatic heterocycles. The topological polar surface area (TPSA) is 104 Å². The smallest absolute Gasteiger partial charge is 0.254 e. The summed E-state index contributed by atoms with van der Waals surface area (Å²) in [5.41, 5.74) is 0.503. The van der Waals surface area contributed by atoms with Crippen LogP contribution >= 0.6 is 0 Å². The summed E-state index contributed by atoms with van der Waals surface area (Å²) in [6.07, 6.45) is 6.41. The molecule has 3 N–H and O–H groups in total. The Hall–Kier alpha value is -2.61. The van der Waals surface area contributed by atoms with E-state index in [0.29, 0.717) is 24.5 Å². The van der Waals surface area contributed by atoms with Crippen LogP contribution in [0.3, 0.4) is 0 Å². The van der Waals surface area contributed by atoms with Gasteiger partial charge in [0.15, 0.2) is 0 Å². The van der Waals surface area contributed by atoms with Crippen molar-refractivity contribution in [2.75, 3.05) is 36.5 Å². The molecule has 0 radical (unpaired) electrons. The molecule has 8 nitrogen and oxygen atoms in total. The average molecular weight is 331 g/mol. The van der Waals surface area contributed by atoms with E-state index in [2.05, 4.69) is 25.5 Å². The van der Waals surface area contributed by atoms with Gasteiger partial charge in [0.2, 0.25) is 0 Å². The molecule has 1 atom stereocenters. The monoisotopic (exact) mass is 331 g/mol. The number of rotatable bonds is 7. The lowest BCUT2D eigenvalue weighted by molar-refractivity contribution is 0.0954. The molecule has 8 heteroatoms. The Morgan fingerprint density at radius 2 is 2.33 bits per heavy atom. The number of anilines is 2. The first-order chi connectivity index (χ1) is 11.8. The molecule has 2 aromatic rings. The van der Waals surface area contributed by atoms with Gasteiger partial charge < -0.3 is 25.1 Å². The minimum absolute atomic E-state index is 0.127. The number of aromatic nitrogens is 2. The summed E-state index contributed by atoms with van der Waals surface area (Å²) in [6, 6.07) is 3.61. The van der Waals surface area contributed by atoms with Crippen LogP contribution in [0.25, 0.3) is 0 Å². The Kier molecular flexibility index (Phi) is 5.27. The molecular weight excluding hydrogens is 310 g/mol. The maximum Gasteiger partial charge on any atom is 0.254 e. The zero-order valence-electron chi connectivity index (χ0n) is 13.3. The molecule has 1 saturated heterocycles. The third kappa shape index (κ3) is 3.83. The fourth-order valence-corrected chi connectivity index (χ4v) is 2.79.